The summed E-state index contributed by atoms with van der Waals surface area (Å²) in [5.41, 5.74) is 3.51. The Hall–Kier alpha value is -2.55. The molecule has 2 N–H and O–H groups in total. The molecule has 2 aromatic rings. The molecule has 0 atom stereocenters. The summed E-state index contributed by atoms with van der Waals surface area (Å²) < 4.78 is 5.56. The van der Waals surface area contributed by atoms with Gasteiger partial charge in [-0.2, -0.15) is 5.01 Å². The summed E-state index contributed by atoms with van der Waals surface area (Å²) in [6.07, 6.45) is 1.62. The number of carbonyl (C=O) groups is 2. The van der Waals surface area contributed by atoms with E-state index in [2.05, 4.69) is 5.43 Å². The van der Waals surface area contributed by atoms with Crippen LogP contribution in [0.15, 0.2) is 47.4 Å². The third-order valence-corrected chi connectivity index (χ3v) is 5.25. The van der Waals surface area contributed by atoms with Gasteiger partial charge in [-0.05, 0) is 67.2 Å². The summed E-state index contributed by atoms with van der Waals surface area (Å²) in [5.74, 6) is -0.578. The zero-order chi connectivity index (χ0) is 20.3. The molecular formula is C19H15ClN2O4S2. The van der Waals surface area contributed by atoms with Gasteiger partial charge in [0.1, 0.15) is 0 Å². The van der Waals surface area contributed by atoms with Crippen molar-refractivity contribution in [3.63, 3.8) is 0 Å². The lowest BCUT2D eigenvalue weighted by molar-refractivity contribution is -0.123. The summed E-state index contributed by atoms with van der Waals surface area (Å²) in [7, 11) is 0. The van der Waals surface area contributed by atoms with Crippen LogP contribution in [0, 0.1) is 0 Å². The Bertz CT molecular complexity index is 976. The Morgan fingerprint density at radius 1 is 1.32 bits per heavy atom. The highest BCUT2D eigenvalue weighted by Crippen LogP contribution is 2.33. The smallest absolute Gasteiger partial charge is 0.285 e. The Morgan fingerprint density at radius 3 is 2.71 bits per heavy atom. The van der Waals surface area contributed by atoms with Gasteiger partial charge >= 0.3 is 0 Å². The minimum atomic E-state index is -0.475. The number of aromatic hydroxyl groups is 1. The zero-order valence-electron chi connectivity index (χ0n) is 14.6. The molecule has 2 aromatic carbocycles. The molecule has 0 bridgehead atoms. The molecule has 2 amide bonds. The fourth-order valence-corrected chi connectivity index (χ4v) is 3.68. The SMILES string of the molecule is CCOc1cc(/C=C2\SC(=S)N(NC(=O)c3ccc(Cl)cc3)C2=O)ccc1O. The number of hydrogen-bond donors (Lipinski definition) is 2. The largest absolute Gasteiger partial charge is 0.504 e. The van der Waals surface area contributed by atoms with E-state index in [0.717, 1.165) is 16.8 Å². The molecule has 1 aliphatic heterocycles. The number of hydrogen-bond acceptors (Lipinski definition) is 6. The number of nitrogens with one attached hydrogen (secondary N) is 1. The molecule has 6 nitrogen and oxygen atoms in total. The lowest BCUT2D eigenvalue weighted by Crippen LogP contribution is -2.44. The Labute approximate surface area is 176 Å². The number of ether oxygens (including phenoxy) is 1. The zero-order valence-corrected chi connectivity index (χ0v) is 17.0. The quantitative estimate of drug-likeness (QED) is 0.547. The normalized spacial score (nSPS) is 15.2. The van der Waals surface area contributed by atoms with Crippen molar-refractivity contribution < 1.29 is 19.4 Å². The molecule has 1 saturated heterocycles. The van der Waals surface area contributed by atoms with Gasteiger partial charge in [0.05, 0.1) is 11.5 Å². The van der Waals surface area contributed by atoms with Crippen LogP contribution in [-0.2, 0) is 4.79 Å². The number of amides is 2. The van der Waals surface area contributed by atoms with Gasteiger partial charge in [-0.25, -0.2) is 0 Å². The van der Waals surface area contributed by atoms with E-state index in [0.29, 0.717) is 33.4 Å². The first-order valence-corrected chi connectivity index (χ1v) is 9.79. The van der Waals surface area contributed by atoms with E-state index in [4.69, 9.17) is 28.6 Å². The predicted molar refractivity (Wildman–Crippen MR) is 113 cm³/mol. The van der Waals surface area contributed by atoms with Gasteiger partial charge in [-0.3, -0.25) is 15.0 Å². The highest BCUT2D eigenvalue weighted by atomic mass is 35.5. The molecule has 0 unspecified atom stereocenters. The van der Waals surface area contributed by atoms with Crippen LogP contribution >= 0.6 is 35.6 Å². The predicted octanol–water partition coefficient (Wildman–Crippen LogP) is 3.99. The van der Waals surface area contributed by atoms with Gasteiger partial charge in [0.25, 0.3) is 11.8 Å². The van der Waals surface area contributed by atoms with Crippen LogP contribution in [-0.4, -0.2) is 32.9 Å². The van der Waals surface area contributed by atoms with Gasteiger partial charge in [0, 0.05) is 10.6 Å². The van der Waals surface area contributed by atoms with E-state index in [9.17, 15) is 14.7 Å². The lowest BCUT2D eigenvalue weighted by Gasteiger charge is -2.15. The number of benzene rings is 2. The highest BCUT2D eigenvalue weighted by molar-refractivity contribution is 8.26. The van der Waals surface area contributed by atoms with Crippen LogP contribution < -0.4 is 10.2 Å². The summed E-state index contributed by atoms with van der Waals surface area (Å²) in [6.45, 7) is 2.20. The second-order valence-corrected chi connectivity index (χ2v) is 7.74. The maximum absolute atomic E-state index is 12.7. The number of carbonyl (C=O) groups excluding carboxylic acids is 2. The molecule has 28 heavy (non-hydrogen) atoms. The summed E-state index contributed by atoms with van der Waals surface area (Å²) in [5, 5.41) is 11.3. The third-order valence-electron chi connectivity index (χ3n) is 3.69. The van der Waals surface area contributed by atoms with E-state index >= 15 is 0 Å². The summed E-state index contributed by atoms with van der Waals surface area (Å²) in [4.78, 5) is 25.3. The first-order valence-electron chi connectivity index (χ1n) is 8.19. The molecule has 1 aliphatic rings. The number of thiocarbonyl (C=S) groups is 1. The van der Waals surface area contributed by atoms with Crippen molar-refractivity contribution in [3.05, 3.63) is 63.5 Å². The van der Waals surface area contributed by atoms with Gasteiger partial charge in [-0.1, -0.05) is 29.4 Å². The lowest BCUT2D eigenvalue weighted by atomic mass is 10.2. The number of nitrogens with zero attached hydrogens (tertiary/aromatic N) is 1. The molecular weight excluding hydrogens is 420 g/mol. The van der Waals surface area contributed by atoms with Crippen molar-refractivity contribution in [1.82, 2.24) is 10.4 Å². The fourth-order valence-electron chi connectivity index (χ4n) is 2.37. The molecule has 1 heterocycles. The van der Waals surface area contributed by atoms with Crippen LogP contribution in [0.5, 0.6) is 11.5 Å². The fraction of sp³-hybridized carbons (Fsp3) is 0.105. The van der Waals surface area contributed by atoms with Crippen LogP contribution in [0.1, 0.15) is 22.8 Å². The molecule has 0 radical (unpaired) electrons. The van der Waals surface area contributed by atoms with Gasteiger partial charge in [-0.15, -0.1) is 0 Å². The Balaban J connectivity index is 1.77. The first-order chi connectivity index (χ1) is 13.4. The first kappa shape index (κ1) is 20.2. The molecule has 1 fully saturated rings. The Kier molecular flexibility index (Phi) is 6.23. The summed E-state index contributed by atoms with van der Waals surface area (Å²) >= 11 is 12.1. The number of thioether (sulfide) groups is 1. The van der Waals surface area contributed by atoms with Crippen LogP contribution in [0.2, 0.25) is 5.02 Å². The Morgan fingerprint density at radius 2 is 2.04 bits per heavy atom. The highest BCUT2D eigenvalue weighted by Gasteiger charge is 2.33. The standard InChI is InChI=1S/C19H15ClN2O4S2/c1-2-26-15-9-11(3-8-14(15)23)10-16-18(25)22(19(27)28-16)21-17(24)12-4-6-13(20)7-5-12/h3-10,23H,2H2,1H3,(H,21,24)/b16-10-. The van der Waals surface area contributed by atoms with Crippen molar-refractivity contribution in [2.45, 2.75) is 6.92 Å². The van der Waals surface area contributed by atoms with E-state index in [-0.39, 0.29) is 10.1 Å². The number of phenols is 1. The van der Waals surface area contributed by atoms with Crippen molar-refractivity contribution in [3.8, 4) is 11.5 Å². The van der Waals surface area contributed by atoms with Crippen LogP contribution in [0.25, 0.3) is 6.08 Å². The van der Waals surface area contributed by atoms with Gasteiger partial charge < -0.3 is 9.84 Å². The van der Waals surface area contributed by atoms with Gasteiger partial charge in [0.2, 0.25) is 0 Å². The maximum Gasteiger partial charge on any atom is 0.285 e. The second kappa shape index (κ2) is 8.64. The van der Waals surface area contributed by atoms with Gasteiger partial charge in [0.15, 0.2) is 15.8 Å². The number of hydrazine groups is 1. The van der Waals surface area contributed by atoms with Crippen LogP contribution in [0.3, 0.4) is 0 Å². The van der Waals surface area contributed by atoms with Crippen molar-refractivity contribution in [2.24, 2.45) is 0 Å². The molecule has 0 spiro atoms. The van der Waals surface area contributed by atoms with Crippen molar-refractivity contribution >= 4 is 57.8 Å². The molecule has 0 aromatic heterocycles. The molecule has 0 aliphatic carbocycles. The van der Waals surface area contributed by atoms with Crippen molar-refractivity contribution in [1.29, 1.82) is 0 Å². The van der Waals surface area contributed by atoms with E-state index in [1.54, 1.807) is 49.4 Å². The average Bonchev–Trinajstić information content (AvgIpc) is 2.92. The van der Waals surface area contributed by atoms with Crippen LogP contribution in [0.4, 0.5) is 0 Å². The second-order valence-electron chi connectivity index (χ2n) is 5.63. The number of phenolic OH excluding ortho intramolecular Hbond substituents is 1. The minimum absolute atomic E-state index is 0.0155. The van der Waals surface area contributed by atoms with E-state index in [1.165, 1.54) is 6.07 Å². The molecule has 9 heteroatoms. The molecule has 0 saturated carbocycles. The van der Waals surface area contributed by atoms with E-state index < -0.39 is 11.8 Å². The number of rotatable bonds is 5. The summed E-state index contributed by atoms with van der Waals surface area (Å²) in [6, 6.07) is 11.0. The maximum atomic E-state index is 12.7. The van der Waals surface area contributed by atoms with E-state index in [1.807, 2.05) is 0 Å². The minimum Gasteiger partial charge on any atom is -0.504 e. The molecule has 3 rings (SSSR count). The number of halogens is 1. The topological polar surface area (TPSA) is 78.9 Å². The van der Waals surface area contributed by atoms with Crippen molar-refractivity contribution in [2.75, 3.05) is 6.61 Å². The average molecular weight is 435 g/mol. The molecule has 144 valence electrons. The third kappa shape index (κ3) is 4.46. The monoisotopic (exact) mass is 434 g/mol.